The van der Waals surface area contributed by atoms with Crippen LogP contribution >= 0.6 is 0 Å². The van der Waals surface area contributed by atoms with Crippen LogP contribution in [0.1, 0.15) is 0 Å². The zero-order chi connectivity index (χ0) is 13.5. The number of terminal acetylenes is 1. The summed E-state index contributed by atoms with van der Waals surface area (Å²) in [6.45, 7) is 0.296. The van der Waals surface area contributed by atoms with E-state index in [9.17, 15) is 0 Å². The van der Waals surface area contributed by atoms with Gasteiger partial charge in [0, 0.05) is 99.4 Å². The van der Waals surface area contributed by atoms with Gasteiger partial charge in [-0.05, 0) is 33.7 Å². The van der Waals surface area contributed by atoms with E-state index < -0.39 is 0 Å². The van der Waals surface area contributed by atoms with Crippen LogP contribution in [0.25, 0.3) is 32.3 Å². The summed E-state index contributed by atoms with van der Waals surface area (Å²) in [6, 6.07) is 19.1. The molecule has 0 heterocycles. The maximum Gasteiger partial charge on any atom is 0.148 e. The molecule has 0 bridgehead atoms. The van der Waals surface area contributed by atoms with Gasteiger partial charge in [-0.25, -0.2) is 0 Å². The molecule has 0 saturated heterocycles. The van der Waals surface area contributed by atoms with Crippen LogP contribution in [0, 0.1) is 12.3 Å². The summed E-state index contributed by atoms with van der Waals surface area (Å²) in [5, 5.41) is 7.44. The first-order valence-electron chi connectivity index (χ1n) is 6.61. The van der Waals surface area contributed by atoms with Crippen LogP contribution in [0.15, 0.2) is 54.6 Å². The standard InChI is InChI=1S/C19H12O.3Na/c1-2-12-20-17-11-9-15-7-6-13-4-3-5-14-8-10-16(17)19(15)18(13)14;;;/h1,3-11H,12H2;;;. The summed E-state index contributed by atoms with van der Waals surface area (Å²) in [4.78, 5) is 0. The molecule has 97 valence electrons. The quantitative estimate of drug-likeness (QED) is 0.312. The summed E-state index contributed by atoms with van der Waals surface area (Å²) in [5.74, 6) is 3.38. The molecular formula is C19H12Na3O. The van der Waals surface area contributed by atoms with Gasteiger partial charge in [-0.2, -0.15) is 0 Å². The second kappa shape index (κ2) is 9.11. The van der Waals surface area contributed by atoms with Gasteiger partial charge < -0.3 is 4.74 Å². The third kappa shape index (κ3) is 3.77. The zero-order valence-electron chi connectivity index (χ0n) is 13.9. The Hall–Kier alpha value is 0.280. The fourth-order valence-electron chi connectivity index (χ4n) is 2.95. The first kappa shape index (κ1) is 21.3. The average Bonchev–Trinajstić information content (AvgIpc) is 2.51. The van der Waals surface area contributed by atoms with E-state index >= 15 is 0 Å². The number of hydrogen-bond acceptors (Lipinski definition) is 1. The molecule has 4 heteroatoms. The van der Waals surface area contributed by atoms with Crippen LogP contribution in [-0.2, 0) is 0 Å². The molecule has 4 aromatic carbocycles. The SMILES string of the molecule is C#CCOc1ccc2ccc3cccc4ccc1c2c34.[Na].[Na].[Na]. The Morgan fingerprint density at radius 2 is 1.30 bits per heavy atom. The summed E-state index contributed by atoms with van der Waals surface area (Å²) in [7, 11) is 0. The van der Waals surface area contributed by atoms with E-state index in [1.807, 2.05) is 6.07 Å². The van der Waals surface area contributed by atoms with Crippen LogP contribution in [-0.4, -0.2) is 95.3 Å². The summed E-state index contributed by atoms with van der Waals surface area (Å²) in [5.41, 5.74) is 0. The van der Waals surface area contributed by atoms with E-state index in [1.54, 1.807) is 0 Å². The van der Waals surface area contributed by atoms with Crippen LogP contribution < -0.4 is 4.74 Å². The molecule has 0 unspecified atom stereocenters. The van der Waals surface area contributed by atoms with Crippen LogP contribution in [0.3, 0.4) is 0 Å². The molecule has 0 N–H and O–H groups in total. The van der Waals surface area contributed by atoms with Crippen molar-refractivity contribution in [2.75, 3.05) is 6.61 Å². The number of hydrogen-bond donors (Lipinski definition) is 0. The Balaban J connectivity index is 0.000000882. The van der Waals surface area contributed by atoms with E-state index in [4.69, 9.17) is 11.2 Å². The molecule has 1 nitrogen and oxygen atoms in total. The van der Waals surface area contributed by atoms with E-state index in [-0.39, 0.29) is 88.7 Å². The van der Waals surface area contributed by atoms with Gasteiger partial charge >= 0.3 is 0 Å². The smallest absolute Gasteiger partial charge is 0.148 e. The Bertz CT molecular complexity index is 957. The van der Waals surface area contributed by atoms with Gasteiger partial charge in [0.25, 0.3) is 0 Å². The maximum atomic E-state index is 5.68. The van der Waals surface area contributed by atoms with E-state index in [0.29, 0.717) is 6.61 Å². The van der Waals surface area contributed by atoms with Crippen molar-refractivity contribution in [2.24, 2.45) is 0 Å². The van der Waals surface area contributed by atoms with Gasteiger partial charge in [-0.3, -0.25) is 0 Å². The van der Waals surface area contributed by atoms with Crippen molar-refractivity contribution in [1.82, 2.24) is 0 Å². The van der Waals surface area contributed by atoms with Crippen molar-refractivity contribution in [1.29, 1.82) is 0 Å². The van der Waals surface area contributed by atoms with Crippen molar-refractivity contribution in [3.8, 4) is 18.1 Å². The molecule has 4 rings (SSSR count). The Morgan fingerprint density at radius 3 is 1.96 bits per heavy atom. The third-order valence-corrected chi connectivity index (χ3v) is 3.80. The van der Waals surface area contributed by atoms with Gasteiger partial charge in [-0.15, -0.1) is 6.42 Å². The Kier molecular flexibility index (Phi) is 8.45. The van der Waals surface area contributed by atoms with Crippen molar-refractivity contribution >= 4 is 121 Å². The number of rotatable bonds is 2. The zero-order valence-corrected chi connectivity index (χ0v) is 19.9. The first-order valence-corrected chi connectivity index (χ1v) is 6.61. The van der Waals surface area contributed by atoms with Gasteiger partial charge in [0.2, 0.25) is 0 Å². The molecule has 4 aromatic rings. The minimum atomic E-state index is 0. The molecule has 0 atom stereocenters. The minimum absolute atomic E-state index is 0. The number of benzene rings is 4. The fraction of sp³-hybridized carbons (Fsp3) is 0.0526. The van der Waals surface area contributed by atoms with Gasteiger partial charge in [0.1, 0.15) is 12.4 Å². The summed E-state index contributed by atoms with van der Waals surface area (Å²) < 4.78 is 5.68. The van der Waals surface area contributed by atoms with Gasteiger partial charge in [-0.1, -0.05) is 48.4 Å². The maximum absolute atomic E-state index is 5.68. The van der Waals surface area contributed by atoms with Gasteiger partial charge in [0.15, 0.2) is 0 Å². The normalized spacial score (nSPS) is 9.70. The first-order chi connectivity index (χ1) is 9.88. The third-order valence-electron chi connectivity index (χ3n) is 3.80. The minimum Gasteiger partial charge on any atom is -0.480 e. The summed E-state index contributed by atoms with van der Waals surface area (Å²) >= 11 is 0. The molecule has 0 aliphatic rings. The van der Waals surface area contributed by atoms with E-state index in [1.165, 1.54) is 26.9 Å². The predicted octanol–water partition coefficient (Wildman–Crippen LogP) is 3.45. The molecule has 0 aliphatic carbocycles. The monoisotopic (exact) mass is 325 g/mol. The molecular weight excluding hydrogens is 313 g/mol. The second-order valence-electron chi connectivity index (χ2n) is 4.91. The molecule has 3 radical (unpaired) electrons. The Morgan fingerprint density at radius 1 is 0.739 bits per heavy atom. The molecule has 0 spiro atoms. The number of ether oxygens (including phenoxy) is 1. The fourth-order valence-corrected chi connectivity index (χ4v) is 2.95. The van der Waals surface area contributed by atoms with Crippen molar-refractivity contribution in [2.45, 2.75) is 0 Å². The van der Waals surface area contributed by atoms with Crippen molar-refractivity contribution < 1.29 is 4.74 Å². The molecule has 0 amide bonds. The summed E-state index contributed by atoms with van der Waals surface area (Å²) in [6.07, 6.45) is 5.29. The topological polar surface area (TPSA) is 9.23 Å². The van der Waals surface area contributed by atoms with Crippen LogP contribution in [0.2, 0.25) is 0 Å². The molecule has 0 aliphatic heterocycles. The van der Waals surface area contributed by atoms with Crippen LogP contribution in [0.4, 0.5) is 0 Å². The van der Waals surface area contributed by atoms with Crippen molar-refractivity contribution in [3.63, 3.8) is 0 Å². The predicted molar refractivity (Wildman–Crippen MR) is 102 cm³/mol. The molecule has 0 fully saturated rings. The van der Waals surface area contributed by atoms with Crippen molar-refractivity contribution in [3.05, 3.63) is 54.6 Å². The molecule has 0 aromatic heterocycles. The molecule has 23 heavy (non-hydrogen) atoms. The average molecular weight is 325 g/mol. The van der Waals surface area contributed by atoms with Crippen LogP contribution in [0.5, 0.6) is 5.75 Å². The second-order valence-corrected chi connectivity index (χ2v) is 4.91. The van der Waals surface area contributed by atoms with E-state index in [2.05, 4.69) is 54.5 Å². The van der Waals surface area contributed by atoms with E-state index in [0.717, 1.165) is 11.1 Å². The van der Waals surface area contributed by atoms with Gasteiger partial charge in [0.05, 0.1) is 0 Å². The largest absolute Gasteiger partial charge is 0.480 e. The molecule has 0 saturated carbocycles. The Labute approximate surface area is 202 Å².